The Hall–Kier alpha value is -16.8. The fourth-order valence-corrected chi connectivity index (χ4v) is 12.5. The number of aliphatic carboxylic acids is 8. The first kappa shape index (κ1) is 127. The van der Waals surface area contributed by atoms with Crippen molar-refractivity contribution < 1.29 is 150 Å². The van der Waals surface area contributed by atoms with Crippen LogP contribution in [0.5, 0.6) is 69.0 Å². The fourth-order valence-electron chi connectivity index (χ4n) is 12.5. The van der Waals surface area contributed by atoms with Crippen molar-refractivity contribution in [2.75, 3.05) is 66.1 Å². The molecule has 10 aromatic carbocycles. The Morgan fingerprint density at radius 1 is 0.373 bits per heavy atom. The van der Waals surface area contributed by atoms with Crippen molar-refractivity contribution >= 4 is 59.4 Å². The minimum atomic E-state index is -1.41. The highest BCUT2D eigenvalue weighted by Gasteiger charge is 2.31. The van der Waals surface area contributed by atoms with E-state index < -0.39 is 76.9 Å². The number of Topliss-reactive ketones (excluding diaryl/α,β-unsaturated/α-hetero) is 1. The first-order chi connectivity index (χ1) is 71.0. The first-order valence-corrected chi connectivity index (χ1v) is 48.2. The average Bonchev–Trinajstić information content (AvgIpc) is 0.993. The van der Waals surface area contributed by atoms with Crippen molar-refractivity contribution in [2.45, 2.75) is 202 Å². The van der Waals surface area contributed by atoms with Gasteiger partial charge in [0.1, 0.15) is 23.0 Å². The molecule has 12 rings (SSSR count). The number of aromatic nitrogens is 2. The van der Waals surface area contributed by atoms with Crippen molar-refractivity contribution in [1.29, 1.82) is 0 Å². The number of nitrogens with one attached hydrogen (secondary N) is 2. The summed E-state index contributed by atoms with van der Waals surface area (Å²) in [5.74, 6) is -0.585. The highest BCUT2D eigenvalue weighted by Crippen LogP contribution is 2.35. The largest absolute Gasteiger partial charge is 0.494 e. The zero-order valence-corrected chi connectivity index (χ0v) is 89.2. The second-order valence-corrected chi connectivity index (χ2v) is 33.5. The molecule has 0 saturated heterocycles. The quantitative estimate of drug-likeness (QED) is 0.0159. The number of carboxylic acid groups (broad SMARTS) is 8. The molecule has 0 spiro atoms. The number of carbonyl (C=O) groups excluding carboxylic acids is 1. The Morgan fingerprint density at radius 2 is 0.727 bits per heavy atom. The lowest BCUT2D eigenvalue weighted by Gasteiger charge is -2.23. The number of benzene rings is 10. The van der Waals surface area contributed by atoms with E-state index in [9.17, 15) is 47.9 Å². The smallest absolute Gasteiger partial charge is 0.377 e. The number of aliphatic imine (C=N–C) groups is 1. The van der Waals surface area contributed by atoms with E-state index in [1.165, 1.54) is 26.3 Å². The third kappa shape index (κ3) is 49.4. The maximum Gasteiger partial charge on any atom is 0.377 e. The normalized spacial score (nSPS) is 10.9. The molecular formula is C114H142N4O32. The van der Waals surface area contributed by atoms with Gasteiger partial charge in [-0.15, -0.1) is 0 Å². The Labute approximate surface area is 874 Å². The van der Waals surface area contributed by atoms with E-state index >= 15 is 0 Å². The van der Waals surface area contributed by atoms with Crippen LogP contribution in [0, 0.1) is 69.2 Å². The van der Waals surface area contributed by atoms with Crippen molar-refractivity contribution in [3.05, 3.63) is 301 Å². The van der Waals surface area contributed by atoms with E-state index in [4.69, 9.17) is 107 Å². The number of amidine groups is 1. The Morgan fingerprint density at radius 3 is 1.11 bits per heavy atom. The lowest BCUT2D eigenvalue weighted by Crippen LogP contribution is -2.38. The van der Waals surface area contributed by atoms with E-state index in [0.717, 1.165) is 83.6 Å². The number of hydrogen-bond donors (Lipinski definition) is 10. The summed E-state index contributed by atoms with van der Waals surface area (Å²) in [5.41, 5.74) is 16.6. The van der Waals surface area contributed by atoms with Gasteiger partial charge in [0.05, 0.1) is 78.2 Å². The number of hydroxylamine groups is 1. The second-order valence-electron chi connectivity index (χ2n) is 33.5. The van der Waals surface area contributed by atoms with Crippen LogP contribution in [0.15, 0.2) is 221 Å². The van der Waals surface area contributed by atoms with Crippen molar-refractivity contribution in [2.24, 2.45) is 4.99 Å². The number of ether oxygens (including phenoxy) is 12. The predicted octanol–water partition coefficient (Wildman–Crippen LogP) is 20.7. The fraction of sp³-hybridized carbons (Fsp3) is 0.351. The molecule has 0 aliphatic carbocycles. The van der Waals surface area contributed by atoms with Crippen molar-refractivity contribution in [3.63, 3.8) is 0 Å². The zero-order chi connectivity index (χ0) is 112. The molecule has 0 radical (unpaired) electrons. The summed E-state index contributed by atoms with van der Waals surface area (Å²) in [7, 11) is 0. The van der Waals surface area contributed by atoms with Gasteiger partial charge in [-0.25, -0.2) is 29.5 Å². The van der Waals surface area contributed by atoms with E-state index in [2.05, 4.69) is 27.2 Å². The van der Waals surface area contributed by atoms with E-state index in [0.29, 0.717) is 146 Å². The number of ketones is 1. The Kier molecular flexibility index (Phi) is 57.5. The molecule has 1 aliphatic heterocycles. The Bertz CT molecular complexity index is 6170. The van der Waals surface area contributed by atoms with Gasteiger partial charge in [-0.3, -0.25) is 24.0 Å². The minimum absolute atomic E-state index is 0.00954. The van der Waals surface area contributed by atoms with Gasteiger partial charge in [0, 0.05) is 40.7 Å². The molecule has 36 nitrogen and oxygen atoms in total. The molecule has 2 atom stereocenters. The number of hydrogen-bond acceptors (Lipinski definition) is 27. The molecule has 0 amide bonds. The van der Waals surface area contributed by atoms with E-state index in [1.807, 2.05) is 276 Å². The molecule has 0 saturated carbocycles. The standard InChI is InChI=1S/C13H18O4.C12H16O4.C12H14O4.C12H16O4.2C12H16O3.C11H14O4.C11H14O3.C10H10N2O.C9H8N2O2/c1-5-16-11-8-9(2)6-7-10(11)17-13(3,4)12(14)15;1-4-15-11-7-8(2)5-6-10(11)16-9(3)12(13)14;1-3-16-11-6-8(2)4-5-9(11)7-10(13)12(14)15;1-3-15-11-8-9(2)4-5-10(11)16-7-6-12(13)14;1-4-15-11-7-8(2)5-6-10(11)9(3)12(13)14;1-3-15-11-8-9(2)4-5-10(11)6-7-12(13)14;1-3-14-10-6-8(2)4-5-9(10)15-7-11(12)13;1-3-14-10-6-8(2)4-5-9(10)7-11(12)13;1-7-3-5-9(6-4-7)10-11-8(2)13-12-10;1-6-2-4-7(5-3-6)8-10-9(12)11-13-8/h6-8H,5H2,1-4H3,(H,14,15);5-7,9H,4H2,1-3H3,(H,13,14);4-6H,3,7H2,1-2H3,(H,14,15);4-5,8H,3,6-7H2,1-2H3,(H,13,14);5-7,9H,4H2,1-3H3,(H,13,14);4-5,8H,3,6-7H2,1-2H3,(H,13,14);4-6H,3,7H2,1-2H3,(H,12,13);4-6H,3,7H2,1-2H3,(H,12,13);3-6H,2H2,1H3,(H,11,12);2-5H,1H3,(H,11,12). The van der Waals surface area contributed by atoms with Crippen LogP contribution in [0.25, 0.3) is 11.5 Å². The summed E-state index contributed by atoms with van der Waals surface area (Å²) in [5, 5.41) is 71.6. The summed E-state index contributed by atoms with van der Waals surface area (Å²) in [6, 6.07) is 59.7. The van der Waals surface area contributed by atoms with Gasteiger partial charge >= 0.3 is 53.4 Å². The molecule has 2 heterocycles. The number of rotatable bonds is 41. The van der Waals surface area contributed by atoms with E-state index in [1.54, 1.807) is 49.4 Å². The number of carbonyl (C=O) groups is 9. The number of H-pyrrole nitrogens is 1. The number of aryl methyl sites for hydroxylation is 11. The molecule has 810 valence electrons. The van der Waals surface area contributed by atoms with Gasteiger partial charge in [-0.2, -0.15) is 15.1 Å². The third-order valence-electron chi connectivity index (χ3n) is 20.0. The lowest BCUT2D eigenvalue weighted by atomic mass is 9.99. The van der Waals surface area contributed by atoms with Gasteiger partial charge in [0.25, 0.3) is 5.89 Å². The molecule has 1 aromatic heterocycles. The second kappa shape index (κ2) is 67.8. The molecule has 36 heteroatoms. The molecule has 0 fully saturated rings. The van der Waals surface area contributed by atoms with Crippen LogP contribution in [0.3, 0.4) is 0 Å². The minimum Gasteiger partial charge on any atom is -0.494 e. The molecule has 2 unspecified atom stereocenters. The Balaban J connectivity index is 0.000000428. The van der Waals surface area contributed by atoms with Crippen LogP contribution in [0.4, 0.5) is 0 Å². The SMILES string of the molecule is C=C1N=C(c2ccc(C)cc2)NO1.CCOc1cc(C)ccc1C(C)C(=O)O.CCOc1cc(C)ccc1CC(=O)C(=O)O.CCOc1cc(C)ccc1CC(=O)O.CCOc1cc(C)ccc1CCC(=O)O.CCOc1cc(C)ccc1OC(C)(C)C(=O)O.CCOc1cc(C)ccc1OC(C)C(=O)O.CCOc1cc(C)ccc1OCC(=O)O.CCOc1cc(C)ccc1OCCC(=O)O.Cc1ccc(-c2nc(=O)[nH]o2)cc1. The van der Waals surface area contributed by atoms with Crippen LogP contribution >= 0.6 is 0 Å². The van der Waals surface area contributed by atoms with Crippen LogP contribution in [0.1, 0.15) is 185 Å². The van der Waals surface area contributed by atoms with Gasteiger partial charge in [-0.1, -0.05) is 120 Å². The number of carboxylic acids is 8. The molecule has 1 aliphatic rings. The molecule has 150 heavy (non-hydrogen) atoms. The summed E-state index contributed by atoms with van der Waals surface area (Å²) in [6.07, 6.45) is -0.365. The monoisotopic (exact) mass is 2080 g/mol. The van der Waals surface area contributed by atoms with Gasteiger partial charge in [0.2, 0.25) is 11.7 Å². The van der Waals surface area contributed by atoms with Crippen molar-refractivity contribution in [3.8, 4) is 80.4 Å². The predicted molar refractivity (Wildman–Crippen MR) is 568 cm³/mol. The summed E-state index contributed by atoms with van der Waals surface area (Å²) in [6.45, 7) is 48.4. The molecular weight excluding hydrogens is 1940 g/mol. The van der Waals surface area contributed by atoms with Gasteiger partial charge in [0.15, 0.2) is 70.1 Å². The van der Waals surface area contributed by atoms with Crippen molar-refractivity contribution in [1.82, 2.24) is 15.6 Å². The summed E-state index contributed by atoms with van der Waals surface area (Å²) >= 11 is 0. The third-order valence-corrected chi connectivity index (χ3v) is 20.0. The van der Waals surface area contributed by atoms with Gasteiger partial charge in [-0.05, 0) is 300 Å². The zero-order valence-electron chi connectivity index (χ0n) is 89.2. The first-order valence-electron chi connectivity index (χ1n) is 48.2. The van der Waals surface area contributed by atoms with E-state index in [-0.39, 0.29) is 38.9 Å². The molecule has 11 aromatic rings. The molecule has 0 bridgehead atoms. The highest BCUT2D eigenvalue weighted by atomic mass is 16.7. The topological polar surface area (TPSA) is 519 Å². The summed E-state index contributed by atoms with van der Waals surface area (Å²) in [4.78, 5) is 119. The van der Waals surface area contributed by atoms with Gasteiger partial charge < -0.3 is 107 Å². The number of aromatic amines is 1. The van der Waals surface area contributed by atoms with Crippen LogP contribution in [-0.4, -0.2) is 188 Å². The average molecular weight is 2080 g/mol. The number of nitrogens with zero attached hydrogens (tertiary/aromatic N) is 2. The van der Waals surface area contributed by atoms with Crippen LogP contribution in [0.2, 0.25) is 0 Å². The highest BCUT2D eigenvalue weighted by molar-refractivity contribution is 6.33. The maximum absolute atomic E-state index is 11.1. The maximum atomic E-state index is 11.1. The van der Waals surface area contributed by atoms with Crippen LogP contribution < -0.4 is 68.0 Å². The summed E-state index contributed by atoms with van der Waals surface area (Å²) < 4.78 is 69.2. The van der Waals surface area contributed by atoms with Crippen LogP contribution in [-0.2, 0) is 67.3 Å². The lowest BCUT2D eigenvalue weighted by molar-refractivity contribution is -0.152. The molecule has 10 N–H and O–H groups in total.